The first-order chi connectivity index (χ1) is 11.6. The summed E-state index contributed by atoms with van der Waals surface area (Å²) in [6.45, 7) is 0. The van der Waals surface area contributed by atoms with Crippen LogP contribution in [0.3, 0.4) is 0 Å². The SMILES string of the molecule is CSC1=C(SC)SC(=C2Sc3nc4c(nc3S2)C(=O)C=CC4=O)S1. The smallest absolute Gasteiger partial charge is 0.206 e. The van der Waals surface area contributed by atoms with Crippen LogP contribution in [0.25, 0.3) is 0 Å². The molecule has 0 spiro atoms. The van der Waals surface area contributed by atoms with E-state index in [-0.39, 0.29) is 23.0 Å². The molecule has 3 heterocycles. The van der Waals surface area contributed by atoms with Gasteiger partial charge >= 0.3 is 0 Å². The summed E-state index contributed by atoms with van der Waals surface area (Å²) in [4.78, 5) is 32.7. The zero-order valence-electron chi connectivity index (χ0n) is 12.3. The monoisotopic (exact) mass is 428 g/mol. The minimum absolute atomic E-state index is 0.167. The van der Waals surface area contributed by atoms with E-state index in [0.717, 1.165) is 4.24 Å². The molecule has 4 nitrogen and oxygen atoms in total. The number of fused-ring (bicyclic) bond motifs is 2. The molecule has 24 heavy (non-hydrogen) atoms. The molecule has 0 saturated heterocycles. The lowest BCUT2D eigenvalue weighted by Gasteiger charge is -2.07. The van der Waals surface area contributed by atoms with E-state index >= 15 is 0 Å². The van der Waals surface area contributed by atoms with Crippen molar-refractivity contribution in [2.45, 2.75) is 10.1 Å². The molecule has 122 valence electrons. The third-order valence-electron chi connectivity index (χ3n) is 3.14. The summed E-state index contributed by atoms with van der Waals surface area (Å²) >= 11 is 10.1. The number of aromatic nitrogens is 2. The maximum atomic E-state index is 11.9. The first-order valence-corrected chi connectivity index (χ1v) is 12.3. The lowest BCUT2D eigenvalue weighted by Crippen LogP contribution is -2.16. The van der Waals surface area contributed by atoms with Crippen LogP contribution in [0.2, 0.25) is 0 Å². The largest absolute Gasteiger partial charge is 0.287 e. The molecule has 0 amide bonds. The summed E-state index contributed by atoms with van der Waals surface area (Å²) in [6, 6.07) is 0. The van der Waals surface area contributed by atoms with Gasteiger partial charge in [0.1, 0.15) is 21.4 Å². The van der Waals surface area contributed by atoms with Gasteiger partial charge in [0.15, 0.2) is 0 Å². The normalized spacial score (nSPS) is 19.4. The molecule has 1 aliphatic carbocycles. The van der Waals surface area contributed by atoms with Gasteiger partial charge in [0, 0.05) is 0 Å². The summed E-state index contributed by atoms with van der Waals surface area (Å²) in [5, 5.41) is 1.42. The predicted octanol–water partition coefficient (Wildman–Crippen LogP) is 5.07. The van der Waals surface area contributed by atoms with Crippen molar-refractivity contribution < 1.29 is 9.59 Å². The van der Waals surface area contributed by atoms with E-state index in [2.05, 4.69) is 22.5 Å². The molecular formula is C14H8N2O2S6. The van der Waals surface area contributed by atoms with Gasteiger partial charge in [0.2, 0.25) is 11.6 Å². The quantitative estimate of drug-likeness (QED) is 0.638. The Morgan fingerprint density at radius 3 is 1.58 bits per heavy atom. The number of thioether (sulfide) groups is 6. The molecule has 3 aliphatic rings. The Hall–Kier alpha value is -0.260. The van der Waals surface area contributed by atoms with Crippen LogP contribution in [0.5, 0.6) is 0 Å². The molecule has 0 radical (unpaired) electrons. The second-order valence-electron chi connectivity index (χ2n) is 4.56. The van der Waals surface area contributed by atoms with Gasteiger partial charge in [-0.2, -0.15) is 0 Å². The summed E-state index contributed by atoms with van der Waals surface area (Å²) in [7, 11) is 0. The van der Waals surface area contributed by atoms with Crippen LogP contribution in [0.1, 0.15) is 21.0 Å². The topological polar surface area (TPSA) is 59.9 Å². The highest BCUT2D eigenvalue weighted by molar-refractivity contribution is 8.41. The molecular weight excluding hydrogens is 421 g/mol. The second-order valence-corrected chi connectivity index (χ2v) is 11.3. The fraction of sp³-hybridized carbons (Fsp3) is 0.143. The summed E-state index contributed by atoms with van der Waals surface area (Å²) in [5.74, 6) is -0.514. The van der Waals surface area contributed by atoms with Crippen molar-refractivity contribution in [2.75, 3.05) is 12.5 Å². The minimum Gasteiger partial charge on any atom is -0.287 e. The molecule has 1 aromatic rings. The maximum absolute atomic E-state index is 11.9. The zero-order valence-corrected chi connectivity index (χ0v) is 17.2. The van der Waals surface area contributed by atoms with Crippen LogP contribution in [0.15, 0.2) is 39.2 Å². The van der Waals surface area contributed by atoms with Gasteiger partial charge in [-0.05, 0) is 24.7 Å². The van der Waals surface area contributed by atoms with Crippen molar-refractivity contribution in [3.63, 3.8) is 0 Å². The van der Waals surface area contributed by atoms with Crippen molar-refractivity contribution in [3.05, 3.63) is 40.5 Å². The van der Waals surface area contributed by atoms with Crippen molar-refractivity contribution in [1.82, 2.24) is 9.97 Å². The van der Waals surface area contributed by atoms with E-state index in [1.807, 2.05) is 0 Å². The van der Waals surface area contributed by atoms with Crippen LogP contribution in [0, 0.1) is 0 Å². The molecule has 4 rings (SSSR count). The maximum Gasteiger partial charge on any atom is 0.206 e. The highest BCUT2D eigenvalue weighted by Gasteiger charge is 2.33. The third kappa shape index (κ3) is 2.90. The van der Waals surface area contributed by atoms with E-state index in [1.165, 1.54) is 48.4 Å². The number of nitrogens with zero attached hydrogens (tertiary/aromatic N) is 2. The summed E-state index contributed by atoms with van der Waals surface area (Å²) < 4.78 is 4.95. The Morgan fingerprint density at radius 1 is 0.750 bits per heavy atom. The molecule has 0 unspecified atom stereocenters. The lowest BCUT2D eigenvalue weighted by atomic mass is 10.1. The number of hydrogen-bond donors (Lipinski definition) is 0. The van der Waals surface area contributed by atoms with Crippen LogP contribution in [-0.4, -0.2) is 34.0 Å². The number of allylic oxidation sites excluding steroid dienone is 2. The van der Waals surface area contributed by atoms with E-state index in [9.17, 15) is 9.59 Å². The molecule has 2 aliphatic heterocycles. The van der Waals surface area contributed by atoms with Gasteiger partial charge in [-0.25, -0.2) is 9.97 Å². The van der Waals surface area contributed by atoms with Gasteiger partial charge < -0.3 is 0 Å². The fourth-order valence-electron chi connectivity index (χ4n) is 2.08. The molecule has 10 heteroatoms. The lowest BCUT2D eigenvalue weighted by molar-refractivity contribution is 0.0985. The number of carbonyl (C=O) groups is 2. The molecule has 1 aromatic heterocycles. The van der Waals surface area contributed by atoms with Crippen molar-refractivity contribution in [2.24, 2.45) is 0 Å². The van der Waals surface area contributed by atoms with E-state index in [1.54, 1.807) is 47.0 Å². The highest BCUT2D eigenvalue weighted by Crippen LogP contribution is 2.63. The molecule has 0 bridgehead atoms. The Morgan fingerprint density at radius 2 is 1.17 bits per heavy atom. The van der Waals surface area contributed by atoms with Crippen LogP contribution < -0.4 is 0 Å². The van der Waals surface area contributed by atoms with E-state index in [4.69, 9.17) is 0 Å². The average molecular weight is 429 g/mol. The molecule has 0 fully saturated rings. The minimum atomic E-state index is -0.257. The Bertz CT molecular complexity index is 822. The zero-order chi connectivity index (χ0) is 16.8. The molecule has 0 atom stereocenters. The van der Waals surface area contributed by atoms with Gasteiger partial charge in [0.05, 0.1) is 16.9 Å². The van der Waals surface area contributed by atoms with Crippen LogP contribution in [0.4, 0.5) is 0 Å². The Balaban J connectivity index is 1.68. The first-order valence-electron chi connectivity index (χ1n) is 6.57. The van der Waals surface area contributed by atoms with E-state index < -0.39 is 0 Å². The standard InChI is InChI=1S/C14H8N2O2S6/c1-19-11-12(20-2)24-14(23-11)13-21-9-10(22-13)16-8-6(18)4-3-5(17)7(8)15-9/h3-4H,1-2H3. The number of hydrogen-bond acceptors (Lipinski definition) is 10. The van der Waals surface area contributed by atoms with E-state index in [0.29, 0.717) is 10.1 Å². The Labute approximate surface area is 163 Å². The predicted molar refractivity (Wildman–Crippen MR) is 108 cm³/mol. The Kier molecular flexibility index (Phi) is 4.87. The van der Waals surface area contributed by atoms with Crippen molar-refractivity contribution >= 4 is 82.1 Å². The second kappa shape index (κ2) is 6.81. The molecule has 0 saturated carbocycles. The number of ketones is 2. The van der Waals surface area contributed by atoms with Gasteiger partial charge in [-0.15, -0.1) is 23.5 Å². The first kappa shape index (κ1) is 17.2. The van der Waals surface area contributed by atoms with Crippen molar-refractivity contribution in [3.8, 4) is 0 Å². The fourth-order valence-corrected chi connectivity index (χ4v) is 9.68. The number of rotatable bonds is 2. The molecule has 0 aromatic carbocycles. The van der Waals surface area contributed by atoms with Gasteiger partial charge in [0.25, 0.3) is 0 Å². The van der Waals surface area contributed by atoms with Crippen molar-refractivity contribution in [1.29, 1.82) is 0 Å². The summed E-state index contributed by atoms with van der Waals surface area (Å²) in [5.41, 5.74) is 0.333. The van der Waals surface area contributed by atoms with Gasteiger partial charge in [-0.1, -0.05) is 47.0 Å². The van der Waals surface area contributed by atoms with Crippen LogP contribution >= 0.6 is 70.6 Å². The van der Waals surface area contributed by atoms with Crippen LogP contribution in [-0.2, 0) is 0 Å². The number of carbonyl (C=O) groups excluding carboxylic acids is 2. The average Bonchev–Trinajstić information content (AvgIpc) is 3.19. The highest BCUT2D eigenvalue weighted by atomic mass is 32.3. The van der Waals surface area contributed by atoms with Gasteiger partial charge in [-0.3, -0.25) is 9.59 Å². The third-order valence-corrected chi connectivity index (χ3v) is 11.2. The summed E-state index contributed by atoms with van der Waals surface area (Å²) in [6.07, 6.45) is 6.69. The molecule has 0 N–H and O–H groups in total.